The lowest BCUT2D eigenvalue weighted by Gasteiger charge is -2.11. The normalized spacial score (nSPS) is 10.2. The number of amides is 1. The highest BCUT2D eigenvalue weighted by Crippen LogP contribution is 2.28. The predicted molar refractivity (Wildman–Crippen MR) is 106 cm³/mol. The molecule has 138 valence electrons. The van der Waals surface area contributed by atoms with E-state index in [0.29, 0.717) is 33.6 Å². The van der Waals surface area contributed by atoms with E-state index in [1.54, 1.807) is 50.6 Å². The van der Waals surface area contributed by atoms with Gasteiger partial charge in [-0.1, -0.05) is 23.7 Å². The highest BCUT2D eigenvalue weighted by molar-refractivity contribution is 6.32. The van der Waals surface area contributed by atoms with Crippen molar-refractivity contribution in [2.75, 3.05) is 24.9 Å². The molecular formula is C20H18ClN3O3. The highest BCUT2D eigenvalue weighted by Gasteiger charge is 2.10. The molecule has 0 aliphatic heterocycles. The second-order valence-electron chi connectivity index (χ2n) is 5.56. The van der Waals surface area contributed by atoms with Crippen LogP contribution in [0.1, 0.15) is 10.4 Å². The fraction of sp³-hybridized carbons (Fsp3) is 0.100. The third kappa shape index (κ3) is 4.48. The van der Waals surface area contributed by atoms with Gasteiger partial charge in [-0.2, -0.15) is 0 Å². The van der Waals surface area contributed by atoms with Crippen LogP contribution >= 0.6 is 11.6 Å². The van der Waals surface area contributed by atoms with E-state index in [0.717, 1.165) is 5.69 Å². The van der Waals surface area contributed by atoms with Crippen molar-refractivity contribution in [1.29, 1.82) is 0 Å². The molecule has 27 heavy (non-hydrogen) atoms. The molecule has 0 bridgehead atoms. The Morgan fingerprint density at radius 3 is 2.44 bits per heavy atom. The van der Waals surface area contributed by atoms with E-state index in [1.807, 2.05) is 18.2 Å². The number of para-hydroxylation sites is 2. The zero-order valence-corrected chi connectivity index (χ0v) is 15.6. The number of carbonyl (C=O) groups excluding carboxylic acids is 1. The topological polar surface area (TPSA) is 72.5 Å². The number of halogens is 1. The number of benzene rings is 2. The average molecular weight is 384 g/mol. The van der Waals surface area contributed by atoms with Crippen LogP contribution in [0.4, 0.5) is 17.2 Å². The predicted octanol–water partition coefficient (Wildman–Crippen LogP) is 4.75. The standard InChI is InChI=1S/C20H18ClN3O3/c1-26-17-9-8-14(11-15(17)21)23-19-10-7-13(12-22-19)20(25)24-16-5-3-4-6-18(16)27-2/h3-12H,1-2H3,(H,22,23)(H,24,25). The number of nitrogens with zero attached hydrogens (tertiary/aromatic N) is 1. The summed E-state index contributed by atoms with van der Waals surface area (Å²) in [7, 11) is 3.11. The van der Waals surface area contributed by atoms with Crippen LogP contribution in [-0.4, -0.2) is 25.1 Å². The van der Waals surface area contributed by atoms with Crippen LogP contribution < -0.4 is 20.1 Å². The van der Waals surface area contributed by atoms with Crippen molar-refractivity contribution in [3.63, 3.8) is 0 Å². The summed E-state index contributed by atoms with van der Waals surface area (Å²) in [6.07, 6.45) is 1.50. The Kier molecular flexibility index (Phi) is 5.78. The van der Waals surface area contributed by atoms with Gasteiger partial charge < -0.3 is 20.1 Å². The molecule has 1 aromatic heterocycles. The van der Waals surface area contributed by atoms with E-state index in [9.17, 15) is 4.79 Å². The minimum Gasteiger partial charge on any atom is -0.495 e. The summed E-state index contributed by atoms with van der Waals surface area (Å²) in [4.78, 5) is 16.7. The van der Waals surface area contributed by atoms with Crippen LogP contribution in [0.2, 0.25) is 5.02 Å². The number of rotatable bonds is 6. The molecule has 0 spiro atoms. The molecule has 1 heterocycles. The summed E-state index contributed by atoms with van der Waals surface area (Å²) < 4.78 is 10.4. The van der Waals surface area contributed by atoms with Crippen molar-refractivity contribution in [1.82, 2.24) is 4.98 Å². The summed E-state index contributed by atoms with van der Waals surface area (Å²) in [5.41, 5.74) is 1.79. The summed E-state index contributed by atoms with van der Waals surface area (Å²) in [6, 6.07) is 15.9. The first-order valence-electron chi connectivity index (χ1n) is 8.11. The van der Waals surface area contributed by atoms with Gasteiger partial charge in [0.25, 0.3) is 5.91 Å². The molecule has 6 nitrogen and oxygen atoms in total. The van der Waals surface area contributed by atoms with E-state index >= 15 is 0 Å². The molecule has 7 heteroatoms. The summed E-state index contributed by atoms with van der Waals surface area (Å²) in [6.45, 7) is 0. The maximum absolute atomic E-state index is 12.4. The number of methoxy groups -OCH3 is 2. The second kappa shape index (κ2) is 8.42. The highest BCUT2D eigenvalue weighted by atomic mass is 35.5. The van der Waals surface area contributed by atoms with E-state index < -0.39 is 0 Å². The maximum Gasteiger partial charge on any atom is 0.257 e. The van der Waals surface area contributed by atoms with Gasteiger partial charge in [-0.05, 0) is 42.5 Å². The summed E-state index contributed by atoms with van der Waals surface area (Å²) in [5, 5.41) is 6.43. The van der Waals surface area contributed by atoms with Gasteiger partial charge in [0.15, 0.2) is 0 Å². The first kappa shape index (κ1) is 18.5. The van der Waals surface area contributed by atoms with Crippen LogP contribution in [0.3, 0.4) is 0 Å². The van der Waals surface area contributed by atoms with Gasteiger partial charge in [-0.15, -0.1) is 0 Å². The molecule has 0 fully saturated rings. The zero-order valence-electron chi connectivity index (χ0n) is 14.8. The minimum atomic E-state index is -0.272. The quantitative estimate of drug-likeness (QED) is 0.642. The molecule has 1 amide bonds. The van der Waals surface area contributed by atoms with Crippen LogP contribution in [0.15, 0.2) is 60.8 Å². The van der Waals surface area contributed by atoms with E-state index in [4.69, 9.17) is 21.1 Å². The van der Waals surface area contributed by atoms with Crippen LogP contribution in [0.5, 0.6) is 11.5 Å². The Morgan fingerprint density at radius 2 is 1.78 bits per heavy atom. The molecule has 0 saturated heterocycles. The number of carbonyl (C=O) groups is 1. The number of aromatic nitrogens is 1. The largest absolute Gasteiger partial charge is 0.495 e. The molecular weight excluding hydrogens is 366 g/mol. The minimum absolute atomic E-state index is 0.272. The molecule has 2 N–H and O–H groups in total. The van der Waals surface area contributed by atoms with Crippen molar-refractivity contribution in [2.24, 2.45) is 0 Å². The van der Waals surface area contributed by atoms with Crippen molar-refractivity contribution in [2.45, 2.75) is 0 Å². The Labute approximate surface area is 162 Å². The SMILES string of the molecule is COc1ccc(Nc2ccc(C(=O)Nc3ccccc3OC)cn2)cc1Cl. The fourth-order valence-corrected chi connectivity index (χ4v) is 2.69. The smallest absolute Gasteiger partial charge is 0.257 e. The van der Waals surface area contributed by atoms with Gasteiger partial charge in [0.1, 0.15) is 17.3 Å². The van der Waals surface area contributed by atoms with E-state index in [-0.39, 0.29) is 5.91 Å². The van der Waals surface area contributed by atoms with Gasteiger partial charge in [-0.3, -0.25) is 4.79 Å². The van der Waals surface area contributed by atoms with Crippen molar-refractivity contribution >= 4 is 34.7 Å². The maximum atomic E-state index is 12.4. The van der Waals surface area contributed by atoms with Crippen molar-refractivity contribution in [3.05, 3.63) is 71.4 Å². The first-order chi connectivity index (χ1) is 13.1. The molecule has 0 aliphatic rings. The average Bonchev–Trinajstić information content (AvgIpc) is 2.69. The zero-order chi connectivity index (χ0) is 19.2. The molecule has 3 aromatic rings. The first-order valence-corrected chi connectivity index (χ1v) is 8.49. The van der Waals surface area contributed by atoms with Gasteiger partial charge >= 0.3 is 0 Å². The fourth-order valence-electron chi connectivity index (χ4n) is 2.44. The van der Waals surface area contributed by atoms with Crippen LogP contribution in [0, 0.1) is 0 Å². The van der Waals surface area contributed by atoms with Crippen molar-refractivity contribution < 1.29 is 14.3 Å². The number of nitrogens with one attached hydrogen (secondary N) is 2. The molecule has 0 saturated carbocycles. The lowest BCUT2D eigenvalue weighted by molar-refractivity contribution is 0.102. The molecule has 0 atom stereocenters. The van der Waals surface area contributed by atoms with Crippen LogP contribution in [-0.2, 0) is 0 Å². The van der Waals surface area contributed by atoms with Gasteiger partial charge in [-0.25, -0.2) is 4.98 Å². The number of hydrogen-bond acceptors (Lipinski definition) is 5. The molecule has 0 radical (unpaired) electrons. The number of hydrogen-bond donors (Lipinski definition) is 2. The number of pyridine rings is 1. The Hall–Kier alpha value is -3.25. The lowest BCUT2D eigenvalue weighted by atomic mass is 10.2. The van der Waals surface area contributed by atoms with Gasteiger partial charge in [0.2, 0.25) is 0 Å². The molecule has 0 aliphatic carbocycles. The van der Waals surface area contributed by atoms with Crippen LogP contribution in [0.25, 0.3) is 0 Å². The van der Waals surface area contributed by atoms with Gasteiger partial charge in [0.05, 0.1) is 30.5 Å². The summed E-state index contributed by atoms with van der Waals surface area (Å²) in [5.74, 6) is 1.50. The lowest BCUT2D eigenvalue weighted by Crippen LogP contribution is -2.13. The number of anilines is 3. The van der Waals surface area contributed by atoms with E-state index in [2.05, 4.69) is 15.6 Å². The Bertz CT molecular complexity index is 945. The Balaban J connectivity index is 1.69. The Morgan fingerprint density at radius 1 is 1.00 bits per heavy atom. The van der Waals surface area contributed by atoms with E-state index in [1.165, 1.54) is 6.20 Å². The third-order valence-electron chi connectivity index (χ3n) is 3.81. The van der Waals surface area contributed by atoms with Crippen molar-refractivity contribution in [3.8, 4) is 11.5 Å². The molecule has 2 aromatic carbocycles. The third-order valence-corrected chi connectivity index (χ3v) is 4.10. The summed E-state index contributed by atoms with van der Waals surface area (Å²) >= 11 is 6.12. The monoisotopic (exact) mass is 383 g/mol. The van der Waals surface area contributed by atoms with Gasteiger partial charge in [0, 0.05) is 11.9 Å². The second-order valence-corrected chi connectivity index (χ2v) is 5.97. The number of ether oxygens (including phenoxy) is 2. The molecule has 0 unspecified atom stereocenters. The molecule has 3 rings (SSSR count).